The van der Waals surface area contributed by atoms with Gasteiger partial charge in [-0.3, -0.25) is 9.59 Å². The maximum Gasteiger partial charge on any atom is 0.490 e. The third kappa shape index (κ3) is 13.5. The van der Waals surface area contributed by atoms with E-state index in [1.165, 1.54) is 6.07 Å². The number of pyridine rings is 2. The van der Waals surface area contributed by atoms with Crippen LogP contribution < -0.4 is 27.8 Å². The monoisotopic (exact) mass is 809 g/mol. The van der Waals surface area contributed by atoms with E-state index in [9.17, 15) is 57.9 Å². The van der Waals surface area contributed by atoms with Gasteiger partial charge in [0.2, 0.25) is 11.8 Å². The van der Waals surface area contributed by atoms with Gasteiger partial charge in [-0.2, -0.15) is 40.7 Å². The van der Waals surface area contributed by atoms with Gasteiger partial charge in [0.1, 0.15) is 17.2 Å². The maximum absolute atomic E-state index is 14.2. The first-order valence-corrected chi connectivity index (χ1v) is 15.9. The fourth-order valence-corrected chi connectivity index (χ4v) is 4.20. The summed E-state index contributed by atoms with van der Waals surface area (Å²) < 4.78 is 143. The van der Waals surface area contributed by atoms with Crippen LogP contribution in [0, 0.1) is 70.7 Å². The number of hydrogen-bond donors (Lipinski definition) is 6. The lowest BCUT2D eigenvalue weighted by molar-refractivity contribution is -0.192. The lowest BCUT2D eigenvalue weighted by atomic mass is 10.0. The highest BCUT2D eigenvalue weighted by Gasteiger charge is 2.38. The molecule has 0 fully saturated rings. The third-order valence-corrected chi connectivity index (χ3v) is 7.05. The number of alkyl halides is 3. The molecule has 2 heterocycles. The number of benzene rings is 1. The van der Waals surface area contributed by atoms with Crippen molar-refractivity contribution in [3.63, 3.8) is 0 Å². The fourth-order valence-electron chi connectivity index (χ4n) is 4.20. The summed E-state index contributed by atoms with van der Waals surface area (Å²) in [7, 11) is 0. The summed E-state index contributed by atoms with van der Waals surface area (Å²) in [5, 5.41) is 12.2. The largest absolute Gasteiger partial charge is 0.490 e. The van der Waals surface area contributed by atoms with Gasteiger partial charge in [-0.15, -0.1) is 0 Å². The lowest BCUT2D eigenvalue weighted by Crippen LogP contribution is -2.50. The van der Waals surface area contributed by atoms with E-state index in [4.69, 9.17) is 27.1 Å². The molecule has 3 aromatic rings. The van der Waals surface area contributed by atoms with E-state index in [0.29, 0.717) is 45.2 Å². The number of anilines is 1. The number of carbonyl (C=O) groups excluding carboxylic acids is 2. The van der Waals surface area contributed by atoms with Crippen molar-refractivity contribution in [2.45, 2.75) is 56.8 Å². The summed E-state index contributed by atoms with van der Waals surface area (Å²) in [6, 6.07) is 1.33. The molecule has 0 radical (unpaired) electrons. The zero-order chi connectivity index (χ0) is 42.3. The summed E-state index contributed by atoms with van der Waals surface area (Å²) in [6.45, 7) is 0.717. The highest BCUT2D eigenvalue weighted by molar-refractivity contribution is 5.98. The van der Waals surface area contributed by atoms with Crippen molar-refractivity contribution < 1.29 is 67.8 Å². The number of rotatable bonds is 12. The van der Waals surface area contributed by atoms with Crippen LogP contribution in [0.4, 0.5) is 54.0 Å². The molecule has 302 valence electrons. The van der Waals surface area contributed by atoms with Crippen molar-refractivity contribution >= 4 is 23.5 Å². The van der Waals surface area contributed by atoms with Gasteiger partial charge in [-0.05, 0) is 63.4 Å². The van der Waals surface area contributed by atoms with Crippen molar-refractivity contribution in [1.82, 2.24) is 15.3 Å². The quantitative estimate of drug-likeness (QED) is 0.0677. The lowest BCUT2D eigenvalue weighted by Gasteiger charge is -2.21. The van der Waals surface area contributed by atoms with Crippen molar-refractivity contribution in [3.05, 3.63) is 87.5 Å². The van der Waals surface area contributed by atoms with Crippen LogP contribution >= 0.6 is 0 Å². The minimum absolute atomic E-state index is 0.0587. The number of unbranched alkanes of at least 4 members (excludes halogenated alkanes) is 2. The molecule has 22 heteroatoms. The van der Waals surface area contributed by atoms with E-state index >= 15 is 0 Å². The van der Waals surface area contributed by atoms with Crippen LogP contribution in [-0.4, -0.2) is 64.2 Å². The molecule has 2 aromatic heterocycles. The first-order valence-electron chi connectivity index (χ1n) is 15.9. The van der Waals surface area contributed by atoms with E-state index in [-0.39, 0.29) is 23.2 Å². The summed E-state index contributed by atoms with van der Waals surface area (Å²) in [4.78, 5) is 39.7. The Morgan fingerprint density at radius 1 is 0.679 bits per heavy atom. The minimum Gasteiger partial charge on any atom is -0.475 e. The number of carboxylic acid groups (broad SMARTS) is 1. The molecule has 1 aromatic carbocycles. The SMILES string of the molecule is NCCCC[C@H](NC(=O)[C@@H](N)CCCCN)C(=O)Nc1ccc(C#Cc2c(F)c(F)nc(F)c2F)c(C#Cc2c(F)c(F)nc(F)c2F)c1.O=C(O)C(F)(F)F. The van der Waals surface area contributed by atoms with Crippen LogP contribution in [0.15, 0.2) is 18.2 Å². The van der Waals surface area contributed by atoms with E-state index in [1.807, 2.05) is 11.8 Å². The highest BCUT2D eigenvalue weighted by Crippen LogP contribution is 2.21. The van der Waals surface area contributed by atoms with Crippen molar-refractivity contribution in [2.24, 2.45) is 17.2 Å². The zero-order valence-corrected chi connectivity index (χ0v) is 28.5. The topological polar surface area (TPSA) is 199 Å². The molecule has 0 saturated heterocycles. The van der Waals surface area contributed by atoms with Gasteiger partial charge < -0.3 is 32.9 Å². The van der Waals surface area contributed by atoms with Gasteiger partial charge in [0.25, 0.3) is 23.8 Å². The molecular formula is C34H30F11N7O4. The van der Waals surface area contributed by atoms with E-state index in [2.05, 4.69) is 32.4 Å². The number of amides is 2. The highest BCUT2D eigenvalue weighted by atomic mass is 19.4. The predicted octanol–water partition coefficient (Wildman–Crippen LogP) is 4.03. The normalized spacial score (nSPS) is 11.8. The Morgan fingerprint density at radius 2 is 1.11 bits per heavy atom. The Bertz CT molecular complexity index is 1990. The Kier molecular flexibility index (Phi) is 17.6. The Morgan fingerprint density at radius 3 is 1.54 bits per heavy atom. The molecule has 2 atom stereocenters. The van der Waals surface area contributed by atoms with Crippen LogP contribution in [-0.2, 0) is 14.4 Å². The maximum atomic E-state index is 14.2. The van der Waals surface area contributed by atoms with Gasteiger partial charge >= 0.3 is 12.1 Å². The summed E-state index contributed by atoms with van der Waals surface area (Å²) in [5.74, 6) is -11.6. The fraction of sp³-hybridized carbons (Fsp3) is 0.324. The van der Waals surface area contributed by atoms with Gasteiger partial charge in [0.15, 0.2) is 23.3 Å². The second-order valence-corrected chi connectivity index (χ2v) is 11.2. The second kappa shape index (κ2) is 21.3. The molecule has 0 bridgehead atoms. The van der Waals surface area contributed by atoms with Crippen LogP contribution in [0.25, 0.3) is 0 Å². The van der Waals surface area contributed by atoms with Gasteiger partial charge in [-0.1, -0.05) is 30.1 Å². The Hall–Kier alpha value is -5.84. The molecule has 56 heavy (non-hydrogen) atoms. The van der Waals surface area contributed by atoms with Crippen molar-refractivity contribution in [2.75, 3.05) is 18.4 Å². The molecule has 2 amide bonds. The summed E-state index contributed by atoms with van der Waals surface area (Å²) >= 11 is 0. The molecule has 0 unspecified atom stereocenters. The number of nitrogens with one attached hydrogen (secondary N) is 2. The molecule has 11 nitrogen and oxygen atoms in total. The van der Waals surface area contributed by atoms with Gasteiger partial charge in [-0.25, -0.2) is 22.4 Å². The van der Waals surface area contributed by atoms with Crippen LogP contribution in [0.2, 0.25) is 0 Å². The van der Waals surface area contributed by atoms with Crippen LogP contribution in [0.5, 0.6) is 0 Å². The minimum atomic E-state index is -5.08. The molecule has 3 rings (SSSR count). The number of nitrogens with zero attached hydrogens (tertiary/aromatic N) is 2. The van der Waals surface area contributed by atoms with E-state index in [1.54, 1.807) is 0 Å². The smallest absolute Gasteiger partial charge is 0.475 e. The average molecular weight is 810 g/mol. The Balaban J connectivity index is 0.00000141. The second-order valence-electron chi connectivity index (χ2n) is 11.2. The van der Waals surface area contributed by atoms with Crippen LogP contribution in [0.3, 0.4) is 0 Å². The van der Waals surface area contributed by atoms with Crippen molar-refractivity contribution in [1.29, 1.82) is 0 Å². The Labute approximate surface area is 310 Å². The number of nitrogens with two attached hydrogens (primary N) is 3. The molecule has 9 N–H and O–H groups in total. The number of carboxylic acids is 1. The molecule has 0 aliphatic heterocycles. The number of aliphatic carboxylic acids is 1. The van der Waals surface area contributed by atoms with Gasteiger partial charge in [0, 0.05) is 16.8 Å². The molecule has 0 aliphatic rings. The van der Waals surface area contributed by atoms with Crippen molar-refractivity contribution in [3.8, 4) is 23.7 Å². The van der Waals surface area contributed by atoms with E-state index in [0.717, 1.165) is 12.1 Å². The summed E-state index contributed by atoms with van der Waals surface area (Å²) in [5.41, 5.74) is 13.5. The van der Waals surface area contributed by atoms with Crippen LogP contribution in [0.1, 0.15) is 60.8 Å². The third-order valence-electron chi connectivity index (χ3n) is 7.05. The molecular weight excluding hydrogens is 779 g/mol. The first kappa shape index (κ1) is 46.3. The molecule has 0 saturated carbocycles. The summed E-state index contributed by atoms with van der Waals surface area (Å²) in [6.07, 6.45) is -2.46. The average Bonchev–Trinajstić information content (AvgIpc) is 3.13. The first-order chi connectivity index (χ1) is 26.2. The number of halogens is 11. The zero-order valence-electron chi connectivity index (χ0n) is 28.5. The predicted molar refractivity (Wildman–Crippen MR) is 175 cm³/mol. The number of carbonyl (C=O) groups is 3. The standard InChI is InChI=1S/C32H29F8N7O2.C2HF3O2/c33-23-19(24(34)28(38)46-27(23)37)11-8-16-7-10-18(15-17(16)9-12-20-25(35)29(39)47-30(40)26(20)36)44-32(49)22(6-2-4-14-42)45-31(48)21(43)5-1-3-13-41;3-2(4,5)1(6)7/h7,10,15,21-22H,1-6,13-14,41-43H2,(H,44,49)(H,45,48);(H,6,7)/t21-,22-;/m0./s1. The van der Waals surface area contributed by atoms with Gasteiger partial charge in [0.05, 0.1) is 6.04 Å². The number of aromatic nitrogens is 2. The van der Waals surface area contributed by atoms with E-state index < -0.39 is 94.2 Å². The molecule has 0 aliphatic carbocycles. The molecule has 0 spiro atoms. The number of hydrogen-bond acceptors (Lipinski definition) is 8.